The summed E-state index contributed by atoms with van der Waals surface area (Å²) in [5, 5.41) is 3.89. The molecule has 0 radical (unpaired) electrons. The van der Waals surface area contributed by atoms with Gasteiger partial charge in [-0.05, 0) is 25.1 Å². The molecule has 114 valence electrons. The zero-order valence-corrected chi connectivity index (χ0v) is 13.5. The van der Waals surface area contributed by atoms with E-state index in [1.54, 1.807) is 12.1 Å². The molecule has 0 saturated heterocycles. The van der Waals surface area contributed by atoms with Crippen LogP contribution in [0.3, 0.4) is 0 Å². The van der Waals surface area contributed by atoms with Crippen molar-refractivity contribution in [1.29, 1.82) is 0 Å². The third kappa shape index (κ3) is 5.80. The standard InChI is InChI=1S/C17H27ClFN/c1-3-5-6-7-8-9-13-16(20-4-2)17-14(18)11-10-12-15(17)19/h10-12,16,20H,3-9,13H2,1-2H3. The molecule has 1 rings (SSSR count). The van der Waals surface area contributed by atoms with Crippen LogP contribution in [0.5, 0.6) is 0 Å². The van der Waals surface area contributed by atoms with Crippen LogP contribution in [0.1, 0.15) is 70.4 Å². The number of rotatable bonds is 10. The van der Waals surface area contributed by atoms with Crippen molar-refractivity contribution in [3.05, 3.63) is 34.6 Å². The fourth-order valence-corrected chi connectivity index (χ4v) is 2.86. The van der Waals surface area contributed by atoms with Crippen LogP contribution in [-0.2, 0) is 0 Å². The third-order valence-electron chi connectivity index (χ3n) is 3.65. The van der Waals surface area contributed by atoms with E-state index in [1.807, 2.05) is 6.92 Å². The molecule has 0 spiro atoms. The maximum Gasteiger partial charge on any atom is 0.129 e. The summed E-state index contributed by atoms with van der Waals surface area (Å²) in [6.45, 7) is 5.09. The van der Waals surface area contributed by atoms with Crippen LogP contribution in [-0.4, -0.2) is 6.54 Å². The van der Waals surface area contributed by atoms with E-state index in [0.29, 0.717) is 10.6 Å². The fourth-order valence-electron chi connectivity index (χ4n) is 2.57. The van der Waals surface area contributed by atoms with Crippen LogP contribution in [0.4, 0.5) is 4.39 Å². The molecule has 0 amide bonds. The van der Waals surface area contributed by atoms with Gasteiger partial charge in [-0.2, -0.15) is 0 Å². The first-order valence-electron chi connectivity index (χ1n) is 7.88. The summed E-state index contributed by atoms with van der Waals surface area (Å²) >= 11 is 6.16. The minimum absolute atomic E-state index is 0.0277. The summed E-state index contributed by atoms with van der Waals surface area (Å²) in [5.41, 5.74) is 0.629. The van der Waals surface area contributed by atoms with Gasteiger partial charge in [0, 0.05) is 16.6 Å². The predicted molar refractivity (Wildman–Crippen MR) is 85.8 cm³/mol. The molecule has 0 bridgehead atoms. The number of hydrogen-bond acceptors (Lipinski definition) is 1. The van der Waals surface area contributed by atoms with Gasteiger partial charge in [-0.15, -0.1) is 0 Å². The number of halogens is 2. The van der Waals surface area contributed by atoms with Gasteiger partial charge in [0.15, 0.2) is 0 Å². The summed E-state index contributed by atoms with van der Waals surface area (Å²) in [4.78, 5) is 0. The van der Waals surface area contributed by atoms with Crippen molar-refractivity contribution in [3.63, 3.8) is 0 Å². The zero-order chi connectivity index (χ0) is 14.8. The number of hydrogen-bond donors (Lipinski definition) is 1. The van der Waals surface area contributed by atoms with E-state index in [0.717, 1.165) is 19.4 Å². The second kappa shape index (κ2) is 10.2. The lowest BCUT2D eigenvalue weighted by Crippen LogP contribution is -2.22. The molecule has 0 aromatic heterocycles. The van der Waals surface area contributed by atoms with Crippen LogP contribution in [0, 0.1) is 5.82 Å². The lowest BCUT2D eigenvalue weighted by Gasteiger charge is -2.20. The Morgan fingerprint density at radius 3 is 2.45 bits per heavy atom. The molecule has 3 heteroatoms. The van der Waals surface area contributed by atoms with Crippen LogP contribution in [0.15, 0.2) is 18.2 Å². The highest BCUT2D eigenvalue weighted by Crippen LogP contribution is 2.29. The second-order valence-corrected chi connectivity index (χ2v) is 5.71. The quantitative estimate of drug-likeness (QED) is 0.532. The normalized spacial score (nSPS) is 12.6. The summed E-state index contributed by atoms with van der Waals surface area (Å²) in [6, 6.07) is 4.95. The smallest absolute Gasteiger partial charge is 0.129 e. The van der Waals surface area contributed by atoms with Gasteiger partial charge in [-0.1, -0.05) is 70.0 Å². The molecule has 0 aliphatic carbocycles. The molecule has 0 fully saturated rings. The Hall–Kier alpha value is -0.600. The minimum Gasteiger partial charge on any atom is -0.310 e. The van der Waals surface area contributed by atoms with Crippen LogP contribution in [0.25, 0.3) is 0 Å². The van der Waals surface area contributed by atoms with Gasteiger partial charge in [-0.3, -0.25) is 0 Å². The van der Waals surface area contributed by atoms with Gasteiger partial charge < -0.3 is 5.32 Å². The molecule has 1 atom stereocenters. The van der Waals surface area contributed by atoms with Gasteiger partial charge in [0.2, 0.25) is 0 Å². The minimum atomic E-state index is -0.200. The number of benzene rings is 1. The van der Waals surface area contributed by atoms with Crippen LogP contribution in [0.2, 0.25) is 5.02 Å². The lowest BCUT2D eigenvalue weighted by atomic mass is 9.99. The van der Waals surface area contributed by atoms with Crippen LogP contribution >= 0.6 is 11.6 Å². The van der Waals surface area contributed by atoms with E-state index in [2.05, 4.69) is 12.2 Å². The first-order valence-corrected chi connectivity index (χ1v) is 8.25. The fraction of sp³-hybridized carbons (Fsp3) is 0.647. The van der Waals surface area contributed by atoms with Crippen molar-refractivity contribution < 1.29 is 4.39 Å². The van der Waals surface area contributed by atoms with E-state index in [9.17, 15) is 4.39 Å². The van der Waals surface area contributed by atoms with Gasteiger partial charge in [0.25, 0.3) is 0 Å². The number of nitrogens with one attached hydrogen (secondary N) is 1. The Balaban J connectivity index is 2.52. The topological polar surface area (TPSA) is 12.0 Å². The van der Waals surface area contributed by atoms with Crippen molar-refractivity contribution in [2.24, 2.45) is 0 Å². The Bertz CT molecular complexity index is 361. The average Bonchev–Trinajstić information content (AvgIpc) is 2.42. The molecule has 0 aliphatic heterocycles. The Kier molecular flexibility index (Phi) is 8.88. The molecule has 0 aliphatic rings. The highest BCUT2D eigenvalue weighted by molar-refractivity contribution is 6.31. The molecule has 0 heterocycles. The Morgan fingerprint density at radius 2 is 1.80 bits per heavy atom. The SMILES string of the molecule is CCCCCCCCC(NCC)c1c(F)cccc1Cl. The first-order chi connectivity index (χ1) is 9.70. The maximum absolute atomic E-state index is 14.0. The molecule has 1 aromatic carbocycles. The molecule has 1 unspecified atom stereocenters. The van der Waals surface area contributed by atoms with E-state index in [4.69, 9.17) is 11.6 Å². The molecule has 1 N–H and O–H groups in total. The van der Waals surface area contributed by atoms with Gasteiger partial charge in [0.05, 0.1) is 0 Å². The summed E-state index contributed by atoms with van der Waals surface area (Å²) < 4.78 is 14.0. The van der Waals surface area contributed by atoms with Gasteiger partial charge in [-0.25, -0.2) is 4.39 Å². The zero-order valence-electron chi connectivity index (χ0n) is 12.7. The Labute approximate surface area is 127 Å². The molecule has 20 heavy (non-hydrogen) atoms. The number of unbranched alkanes of at least 4 members (excludes halogenated alkanes) is 5. The van der Waals surface area contributed by atoms with Gasteiger partial charge >= 0.3 is 0 Å². The van der Waals surface area contributed by atoms with Gasteiger partial charge in [0.1, 0.15) is 5.82 Å². The predicted octanol–water partition coefficient (Wildman–Crippen LogP) is 5.88. The third-order valence-corrected chi connectivity index (χ3v) is 3.97. The van der Waals surface area contributed by atoms with E-state index < -0.39 is 0 Å². The highest BCUT2D eigenvalue weighted by atomic mass is 35.5. The average molecular weight is 300 g/mol. The molecule has 1 nitrogen and oxygen atoms in total. The maximum atomic E-state index is 14.0. The van der Waals surface area contributed by atoms with Crippen molar-refractivity contribution in [1.82, 2.24) is 5.32 Å². The molecule has 1 aromatic rings. The van der Waals surface area contributed by atoms with Crippen molar-refractivity contribution in [2.75, 3.05) is 6.54 Å². The highest BCUT2D eigenvalue weighted by Gasteiger charge is 2.17. The molecular formula is C17H27ClFN. The Morgan fingerprint density at radius 1 is 1.10 bits per heavy atom. The monoisotopic (exact) mass is 299 g/mol. The largest absolute Gasteiger partial charge is 0.310 e. The first kappa shape index (κ1) is 17.5. The molecule has 0 saturated carbocycles. The van der Waals surface area contributed by atoms with Crippen molar-refractivity contribution in [2.45, 2.75) is 64.8 Å². The lowest BCUT2D eigenvalue weighted by molar-refractivity contribution is 0.458. The van der Waals surface area contributed by atoms with E-state index in [-0.39, 0.29) is 11.9 Å². The summed E-state index contributed by atoms with van der Waals surface area (Å²) in [6.07, 6.45) is 8.45. The second-order valence-electron chi connectivity index (χ2n) is 5.30. The van der Waals surface area contributed by atoms with E-state index >= 15 is 0 Å². The van der Waals surface area contributed by atoms with Crippen molar-refractivity contribution in [3.8, 4) is 0 Å². The van der Waals surface area contributed by atoms with E-state index in [1.165, 1.54) is 38.2 Å². The summed E-state index contributed by atoms with van der Waals surface area (Å²) in [7, 11) is 0. The molecular weight excluding hydrogens is 273 g/mol. The van der Waals surface area contributed by atoms with Crippen molar-refractivity contribution >= 4 is 11.6 Å². The van der Waals surface area contributed by atoms with Crippen LogP contribution < -0.4 is 5.32 Å². The summed E-state index contributed by atoms with van der Waals surface area (Å²) in [5.74, 6) is -0.200.